The summed E-state index contributed by atoms with van der Waals surface area (Å²) in [6.45, 7) is 2.73. The van der Waals surface area contributed by atoms with Gasteiger partial charge >= 0.3 is 0 Å². The summed E-state index contributed by atoms with van der Waals surface area (Å²) in [4.78, 5) is 29.2. The molecule has 2 amide bonds. The molecule has 2 aromatic heterocycles. The fraction of sp³-hybridized carbons (Fsp3) is 0.440. The molecule has 1 saturated carbocycles. The smallest absolute Gasteiger partial charge is 0.271 e. The van der Waals surface area contributed by atoms with E-state index in [2.05, 4.69) is 5.32 Å². The number of thiophene rings is 1. The molecule has 1 N–H and O–H groups in total. The lowest BCUT2D eigenvalue weighted by Gasteiger charge is -2.45. The largest absolute Gasteiger partial charge is 0.497 e. The van der Waals surface area contributed by atoms with E-state index in [9.17, 15) is 9.59 Å². The molecule has 32 heavy (non-hydrogen) atoms. The molecule has 2 aliphatic rings. The Hall–Kier alpha value is -2.80. The maximum atomic E-state index is 13.7. The first kappa shape index (κ1) is 21.1. The Morgan fingerprint density at radius 3 is 2.66 bits per heavy atom. The molecule has 5 rings (SSSR count). The molecule has 1 fully saturated rings. The van der Waals surface area contributed by atoms with Crippen LogP contribution in [0, 0.1) is 0 Å². The van der Waals surface area contributed by atoms with Gasteiger partial charge in [0.15, 0.2) is 0 Å². The predicted octanol–water partition coefficient (Wildman–Crippen LogP) is 4.58. The molecule has 0 spiro atoms. The Labute approximate surface area is 192 Å². The van der Waals surface area contributed by atoms with Crippen LogP contribution in [0.1, 0.15) is 55.1 Å². The van der Waals surface area contributed by atoms with Crippen molar-refractivity contribution in [3.63, 3.8) is 0 Å². The SMILES string of the molecule is COc1ccc(CN2C(=O)c3cc4sccc4n3CC2(C)C(=O)NC2CCCCC2)cc1. The van der Waals surface area contributed by atoms with E-state index in [1.165, 1.54) is 6.42 Å². The number of nitrogens with one attached hydrogen (secondary N) is 1. The number of amides is 2. The lowest BCUT2D eigenvalue weighted by molar-refractivity contribution is -0.134. The fourth-order valence-corrected chi connectivity index (χ4v) is 5.84. The minimum atomic E-state index is -0.977. The zero-order valence-corrected chi connectivity index (χ0v) is 19.4. The van der Waals surface area contributed by atoms with E-state index in [1.54, 1.807) is 23.3 Å². The van der Waals surface area contributed by atoms with Gasteiger partial charge in [-0.1, -0.05) is 31.4 Å². The van der Waals surface area contributed by atoms with Crippen molar-refractivity contribution < 1.29 is 14.3 Å². The Kier molecular flexibility index (Phi) is 5.45. The molecule has 1 aliphatic carbocycles. The lowest BCUT2D eigenvalue weighted by Crippen LogP contribution is -2.64. The number of benzene rings is 1. The average Bonchev–Trinajstić information content (AvgIpc) is 3.40. The van der Waals surface area contributed by atoms with Crippen molar-refractivity contribution in [2.24, 2.45) is 0 Å². The topological polar surface area (TPSA) is 63.6 Å². The van der Waals surface area contributed by atoms with E-state index in [4.69, 9.17) is 4.74 Å². The van der Waals surface area contributed by atoms with Crippen LogP contribution in [0.15, 0.2) is 41.8 Å². The van der Waals surface area contributed by atoms with Crippen molar-refractivity contribution in [3.05, 3.63) is 53.0 Å². The standard InChI is InChI=1S/C25H29N3O3S/c1-25(24(30)26-18-6-4-3-5-7-18)16-27-20-12-13-32-22(20)14-21(27)23(29)28(25)15-17-8-10-19(31-2)11-9-17/h8-14,18H,3-7,15-16H2,1-2H3,(H,26,30). The highest BCUT2D eigenvalue weighted by molar-refractivity contribution is 7.17. The van der Waals surface area contributed by atoms with Crippen molar-refractivity contribution in [1.29, 1.82) is 0 Å². The van der Waals surface area contributed by atoms with E-state index < -0.39 is 5.54 Å². The van der Waals surface area contributed by atoms with Crippen LogP contribution in [0.25, 0.3) is 10.2 Å². The van der Waals surface area contributed by atoms with E-state index in [0.717, 1.165) is 47.2 Å². The summed E-state index contributed by atoms with van der Waals surface area (Å²) < 4.78 is 8.37. The number of rotatable bonds is 5. The molecule has 3 heterocycles. The third kappa shape index (κ3) is 3.58. The van der Waals surface area contributed by atoms with Crippen molar-refractivity contribution in [1.82, 2.24) is 14.8 Å². The molecule has 3 aromatic rings. The van der Waals surface area contributed by atoms with Gasteiger partial charge in [-0.15, -0.1) is 11.3 Å². The normalized spacial score (nSPS) is 21.6. The molecule has 1 aliphatic heterocycles. The summed E-state index contributed by atoms with van der Waals surface area (Å²) in [5.41, 5.74) is 1.68. The van der Waals surface area contributed by atoms with Gasteiger partial charge in [-0.25, -0.2) is 0 Å². The Morgan fingerprint density at radius 2 is 1.94 bits per heavy atom. The number of fused-ring (bicyclic) bond motifs is 3. The summed E-state index contributed by atoms with van der Waals surface area (Å²) in [5.74, 6) is 0.608. The van der Waals surface area contributed by atoms with Gasteiger partial charge in [0.2, 0.25) is 5.91 Å². The minimum absolute atomic E-state index is 0.0611. The number of aromatic nitrogens is 1. The maximum absolute atomic E-state index is 13.7. The monoisotopic (exact) mass is 451 g/mol. The number of methoxy groups -OCH3 is 1. The van der Waals surface area contributed by atoms with Gasteiger partial charge in [-0.3, -0.25) is 9.59 Å². The number of hydrogen-bond donors (Lipinski definition) is 1. The minimum Gasteiger partial charge on any atom is -0.497 e. The summed E-state index contributed by atoms with van der Waals surface area (Å²) in [7, 11) is 1.63. The van der Waals surface area contributed by atoms with Crippen molar-refractivity contribution >= 4 is 33.4 Å². The summed E-state index contributed by atoms with van der Waals surface area (Å²) >= 11 is 1.62. The fourth-order valence-electron chi connectivity index (χ4n) is 5.02. The molecule has 0 bridgehead atoms. The van der Waals surface area contributed by atoms with Crippen LogP contribution in [0.4, 0.5) is 0 Å². The summed E-state index contributed by atoms with van der Waals surface area (Å²) in [6.07, 6.45) is 5.55. The third-order valence-electron chi connectivity index (χ3n) is 6.98. The van der Waals surface area contributed by atoms with Crippen LogP contribution in [0.5, 0.6) is 5.75 Å². The molecule has 1 atom stereocenters. The lowest BCUT2D eigenvalue weighted by atomic mass is 9.91. The van der Waals surface area contributed by atoms with E-state index in [0.29, 0.717) is 18.8 Å². The van der Waals surface area contributed by atoms with Crippen molar-refractivity contribution in [2.75, 3.05) is 7.11 Å². The second kappa shape index (κ2) is 8.28. The second-order valence-corrected chi connectivity index (χ2v) is 10.1. The number of carbonyl (C=O) groups is 2. The molecule has 7 heteroatoms. The maximum Gasteiger partial charge on any atom is 0.271 e. The Bertz CT molecular complexity index is 1140. The molecule has 1 unspecified atom stereocenters. The van der Waals surface area contributed by atoms with Gasteiger partial charge < -0.3 is 19.5 Å². The summed E-state index contributed by atoms with van der Waals surface area (Å²) in [6, 6.07) is 11.9. The van der Waals surface area contributed by atoms with Crippen LogP contribution in [-0.4, -0.2) is 40.0 Å². The van der Waals surface area contributed by atoms with Gasteiger partial charge in [0.1, 0.15) is 17.0 Å². The molecule has 6 nitrogen and oxygen atoms in total. The number of ether oxygens (including phenoxy) is 1. The van der Waals surface area contributed by atoms with Gasteiger partial charge in [0.05, 0.1) is 23.9 Å². The summed E-state index contributed by atoms with van der Waals surface area (Å²) in [5, 5.41) is 5.32. The first-order valence-corrected chi connectivity index (χ1v) is 12.2. The predicted molar refractivity (Wildman–Crippen MR) is 126 cm³/mol. The van der Waals surface area contributed by atoms with Crippen LogP contribution in [0.2, 0.25) is 0 Å². The van der Waals surface area contributed by atoms with Crippen LogP contribution in [0.3, 0.4) is 0 Å². The van der Waals surface area contributed by atoms with Crippen LogP contribution >= 0.6 is 11.3 Å². The molecule has 0 saturated heterocycles. The number of hydrogen-bond acceptors (Lipinski definition) is 4. The second-order valence-electron chi connectivity index (χ2n) is 9.11. The third-order valence-corrected chi connectivity index (χ3v) is 7.83. The van der Waals surface area contributed by atoms with Gasteiger partial charge in [-0.05, 0) is 55.0 Å². The van der Waals surface area contributed by atoms with E-state index in [1.807, 2.05) is 53.3 Å². The first-order chi connectivity index (χ1) is 15.5. The Balaban J connectivity index is 1.51. The highest BCUT2D eigenvalue weighted by atomic mass is 32.1. The quantitative estimate of drug-likeness (QED) is 0.618. The molecule has 168 valence electrons. The number of nitrogens with zero attached hydrogens (tertiary/aromatic N) is 2. The molecular formula is C25H29N3O3S. The molecule has 1 aromatic carbocycles. The van der Waals surface area contributed by atoms with Crippen LogP contribution < -0.4 is 10.1 Å². The van der Waals surface area contributed by atoms with Crippen molar-refractivity contribution in [2.45, 2.75) is 63.7 Å². The van der Waals surface area contributed by atoms with Crippen LogP contribution in [-0.2, 0) is 17.9 Å². The Morgan fingerprint density at radius 1 is 1.19 bits per heavy atom. The van der Waals surface area contributed by atoms with Gasteiger partial charge in [0.25, 0.3) is 5.91 Å². The highest BCUT2D eigenvalue weighted by Crippen LogP contribution is 2.35. The zero-order chi connectivity index (χ0) is 22.3. The average molecular weight is 452 g/mol. The number of carbonyl (C=O) groups excluding carboxylic acids is 2. The van der Waals surface area contributed by atoms with Gasteiger partial charge in [-0.2, -0.15) is 0 Å². The van der Waals surface area contributed by atoms with E-state index in [-0.39, 0.29) is 17.9 Å². The molecule has 0 radical (unpaired) electrons. The van der Waals surface area contributed by atoms with E-state index >= 15 is 0 Å². The first-order valence-electron chi connectivity index (χ1n) is 11.3. The van der Waals surface area contributed by atoms with Crippen molar-refractivity contribution in [3.8, 4) is 5.75 Å². The molecular weight excluding hydrogens is 422 g/mol. The zero-order valence-electron chi connectivity index (χ0n) is 18.6. The van der Waals surface area contributed by atoms with Gasteiger partial charge in [0, 0.05) is 12.6 Å². The highest BCUT2D eigenvalue weighted by Gasteiger charge is 2.48.